The van der Waals surface area contributed by atoms with Gasteiger partial charge in [-0.1, -0.05) is 30.2 Å². The van der Waals surface area contributed by atoms with Crippen molar-refractivity contribution < 1.29 is 4.39 Å². The van der Waals surface area contributed by atoms with Crippen molar-refractivity contribution in [1.29, 1.82) is 5.41 Å². The molecule has 8 N–H and O–H groups in total. The molecule has 4 aromatic rings. The number of aryl methyl sites for hydroxylation is 1. The zero-order valence-corrected chi connectivity index (χ0v) is 22.8. The molecule has 4 rings (SSSR count). The lowest BCUT2D eigenvalue weighted by Crippen LogP contribution is -2.20. The monoisotopic (exact) mass is 551 g/mol. The minimum Gasteiger partial charge on any atom is -0.388 e. The van der Waals surface area contributed by atoms with E-state index in [0.717, 1.165) is 49.7 Å². The molecule has 0 spiro atoms. The fourth-order valence-corrected chi connectivity index (χ4v) is 4.91. The van der Waals surface area contributed by atoms with Gasteiger partial charge in [0, 0.05) is 35.7 Å². The van der Waals surface area contributed by atoms with Crippen LogP contribution in [-0.4, -0.2) is 26.4 Å². The highest BCUT2D eigenvalue weighted by molar-refractivity contribution is 6.31. The van der Waals surface area contributed by atoms with Gasteiger partial charge in [0.2, 0.25) is 0 Å². The summed E-state index contributed by atoms with van der Waals surface area (Å²) in [6, 6.07) is 12.6. The van der Waals surface area contributed by atoms with E-state index >= 15 is 4.39 Å². The van der Waals surface area contributed by atoms with Gasteiger partial charge >= 0.3 is 5.69 Å². The van der Waals surface area contributed by atoms with Crippen molar-refractivity contribution in [2.45, 2.75) is 64.0 Å². The van der Waals surface area contributed by atoms with Gasteiger partial charge in [-0.25, -0.2) is 9.18 Å². The second-order valence-corrected chi connectivity index (χ2v) is 10.6. The average molecular weight is 552 g/mol. The van der Waals surface area contributed by atoms with E-state index in [0.29, 0.717) is 34.4 Å². The number of benzene rings is 2. The van der Waals surface area contributed by atoms with Crippen LogP contribution < -0.4 is 22.9 Å². The number of rotatable bonds is 12. The molecule has 2 atom stereocenters. The van der Waals surface area contributed by atoms with Gasteiger partial charge in [0.05, 0.1) is 22.2 Å². The molecule has 0 unspecified atom stereocenters. The normalized spacial score (nSPS) is 13.1. The molecule has 0 saturated carbocycles. The van der Waals surface area contributed by atoms with Crippen LogP contribution in [0.25, 0.3) is 28.0 Å². The molecule has 2 aromatic carbocycles. The summed E-state index contributed by atoms with van der Waals surface area (Å²) in [7, 11) is 0. The summed E-state index contributed by atoms with van der Waals surface area (Å²) < 4.78 is 16.5. The van der Waals surface area contributed by atoms with E-state index in [-0.39, 0.29) is 22.9 Å². The molecular weight excluding hydrogens is 517 g/mol. The Morgan fingerprint density at radius 2 is 1.87 bits per heavy atom. The Morgan fingerprint density at radius 1 is 1.13 bits per heavy atom. The van der Waals surface area contributed by atoms with Crippen molar-refractivity contribution in [3.8, 4) is 16.9 Å². The Labute approximate surface area is 231 Å². The number of hydrogen-bond donors (Lipinski definition) is 5. The van der Waals surface area contributed by atoms with Crippen molar-refractivity contribution in [1.82, 2.24) is 14.5 Å². The van der Waals surface area contributed by atoms with Crippen LogP contribution in [0, 0.1) is 11.2 Å². The number of nitrogens with two attached hydrogens (primary N) is 3. The highest BCUT2D eigenvalue weighted by Crippen LogP contribution is 2.31. The number of halogens is 2. The minimum absolute atomic E-state index is 0.0478. The molecule has 0 fully saturated rings. The van der Waals surface area contributed by atoms with Gasteiger partial charge in [0.25, 0.3) is 0 Å². The second kappa shape index (κ2) is 12.5. The number of hydrogen-bond acceptors (Lipinski definition) is 5. The second-order valence-electron chi connectivity index (χ2n) is 10.2. The fraction of sp³-hybridized carbons (Fsp3) is 0.345. The third-order valence-electron chi connectivity index (χ3n) is 6.82. The molecule has 0 aliphatic rings. The lowest BCUT2D eigenvalue weighted by molar-refractivity contribution is 0.593. The van der Waals surface area contributed by atoms with E-state index in [2.05, 4.69) is 9.97 Å². The van der Waals surface area contributed by atoms with E-state index in [4.69, 9.17) is 34.2 Å². The molecule has 39 heavy (non-hydrogen) atoms. The Balaban J connectivity index is 1.56. The molecule has 8 nitrogen and oxygen atoms in total. The zero-order valence-electron chi connectivity index (χ0n) is 22.0. The third-order valence-corrected chi connectivity index (χ3v) is 7.10. The van der Waals surface area contributed by atoms with E-state index in [9.17, 15) is 4.79 Å². The zero-order chi connectivity index (χ0) is 28.1. The van der Waals surface area contributed by atoms with Crippen LogP contribution in [0.1, 0.15) is 62.6 Å². The van der Waals surface area contributed by atoms with Crippen molar-refractivity contribution in [3.05, 3.63) is 81.1 Å². The molecule has 206 valence electrons. The molecular formula is C29H35ClFN7O. The maximum Gasteiger partial charge on any atom is 0.354 e. The number of aromatic nitrogens is 3. The third kappa shape index (κ3) is 7.11. The van der Waals surface area contributed by atoms with E-state index in [1.807, 2.05) is 31.2 Å². The standard InChI is InChI=1S/C29H35ClFN7O/c1-17(32)5-4-6-18-13-22(27(31)23(30)14-18)25-15-20-16-38(29(39)37-28(20)36-25)21-11-9-19(10-12-21)24(33)7-2-3-8-26(34)35/h9-17,24H,2-8,32-33H2,1H3,(H3,34,35)(H,36,37,39)/t17-,24+/m0/s1. The van der Waals surface area contributed by atoms with Gasteiger partial charge < -0.3 is 22.2 Å². The number of H-pyrrole nitrogens is 1. The van der Waals surface area contributed by atoms with Gasteiger partial charge in [0.15, 0.2) is 5.82 Å². The maximum absolute atomic E-state index is 15.0. The summed E-state index contributed by atoms with van der Waals surface area (Å²) in [6.45, 7) is 1.96. The summed E-state index contributed by atoms with van der Waals surface area (Å²) in [6.07, 6.45) is 7.21. The lowest BCUT2D eigenvalue weighted by atomic mass is 10.0. The summed E-state index contributed by atoms with van der Waals surface area (Å²) in [5.74, 6) is -0.337. The van der Waals surface area contributed by atoms with E-state index in [1.54, 1.807) is 24.4 Å². The molecule has 0 aliphatic carbocycles. The quantitative estimate of drug-likeness (QED) is 0.0913. The average Bonchev–Trinajstić information content (AvgIpc) is 3.30. The molecule has 0 saturated heterocycles. The van der Waals surface area contributed by atoms with Crippen molar-refractivity contribution >= 4 is 28.5 Å². The molecule has 0 aliphatic heterocycles. The fourth-order valence-electron chi connectivity index (χ4n) is 4.67. The van der Waals surface area contributed by atoms with E-state index < -0.39 is 11.5 Å². The highest BCUT2D eigenvalue weighted by atomic mass is 35.5. The topological polar surface area (TPSA) is 153 Å². The Bertz CT molecular complexity index is 1510. The van der Waals surface area contributed by atoms with Gasteiger partial charge in [-0.3, -0.25) is 9.98 Å². The summed E-state index contributed by atoms with van der Waals surface area (Å²) in [5, 5.41) is 8.02. The number of nitrogens with one attached hydrogen (secondary N) is 2. The van der Waals surface area contributed by atoms with Gasteiger partial charge in [-0.15, -0.1) is 0 Å². The van der Waals surface area contributed by atoms with Crippen molar-refractivity contribution in [2.75, 3.05) is 0 Å². The number of nitrogens with zero attached hydrogens (tertiary/aromatic N) is 2. The first-order chi connectivity index (χ1) is 18.6. The Morgan fingerprint density at radius 3 is 2.56 bits per heavy atom. The number of fused-ring (bicyclic) bond motifs is 1. The van der Waals surface area contributed by atoms with Crippen LogP contribution in [0.5, 0.6) is 0 Å². The molecule has 2 heterocycles. The maximum atomic E-state index is 15.0. The van der Waals surface area contributed by atoms with Crippen molar-refractivity contribution in [3.63, 3.8) is 0 Å². The largest absolute Gasteiger partial charge is 0.388 e. The summed E-state index contributed by atoms with van der Waals surface area (Å²) in [4.78, 5) is 20.1. The first kappa shape index (κ1) is 28.5. The SMILES string of the molecule is C[C@H](N)CCCc1cc(Cl)c(F)c(-c2cc3cn(-c4ccc([C@H](N)CCCCC(=N)N)cc4)c(=O)nc3[nH]2)c1. The van der Waals surface area contributed by atoms with E-state index in [1.165, 1.54) is 4.57 Å². The predicted octanol–water partition coefficient (Wildman–Crippen LogP) is 5.34. The Kier molecular flexibility index (Phi) is 9.16. The van der Waals surface area contributed by atoms with Gasteiger partial charge in [0.1, 0.15) is 5.65 Å². The van der Waals surface area contributed by atoms with Gasteiger partial charge in [-0.05, 0) is 80.5 Å². The predicted molar refractivity (Wildman–Crippen MR) is 156 cm³/mol. The smallest absolute Gasteiger partial charge is 0.354 e. The molecule has 10 heteroatoms. The lowest BCUT2D eigenvalue weighted by Gasteiger charge is -2.13. The molecule has 0 amide bonds. The number of unbranched alkanes of at least 4 members (excludes halogenated alkanes) is 1. The minimum atomic E-state index is -0.525. The highest BCUT2D eigenvalue weighted by Gasteiger charge is 2.16. The van der Waals surface area contributed by atoms with Crippen LogP contribution in [0.2, 0.25) is 5.02 Å². The van der Waals surface area contributed by atoms with Crippen LogP contribution in [-0.2, 0) is 6.42 Å². The summed E-state index contributed by atoms with van der Waals surface area (Å²) >= 11 is 6.22. The first-order valence-corrected chi connectivity index (χ1v) is 13.5. The van der Waals surface area contributed by atoms with Gasteiger partial charge in [-0.2, -0.15) is 4.98 Å². The number of amidine groups is 1. The van der Waals surface area contributed by atoms with Crippen LogP contribution in [0.3, 0.4) is 0 Å². The van der Waals surface area contributed by atoms with Crippen molar-refractivity contribution in [2.24, 2.45) is 17.2 Å². The van der Waals surface area contributed by atoms with Crippen LogP contribution in [0.4, 0.5) is 4.39 Å². The Hall–Kier alpha value is -3.53. The summed E-state index contributed by atoms with van der Waals surface area (Å²) in [5.41, 5.74) is 20.8. The first-order valence-electron chi connectivity index (χ1n) is 13.2. The molecule has 0 bridgehead atoms. The molecule has 0 radical (unpaired) electrons. The molecule has 2 aromatic heterocycles. The van der Waals surface area contributed by atoms with Crippen LogP contribution in [0.15, 0.2) is 53.5 Å². The number of aromatic amines is 1. The van der Waals surface area contributed by atoms with Crippen LogP contribution >= 0.6 is 11.6 Å².